The Kier molecular flexibility index (Phi) is 9.25. The summed E-state index contributed by atoms with van der Waals surface area (Å²) < 4.78 is 33.6. The van der Waals surface area contributed by atoms with Crippen LogP contribution < -0.4 is 10.6 Å². The molecule has 1 unspecified atom stereocenters. The molecule has 2 aromatic carbocycles. The second-order valence-electron chi connectivity index (χ2n) is 12.8. The summed E-state index contributed by atoms with van der Waals surface area (Å²) in [6.45, 7) is 14.0. The lowest BCUT2D eigenvalue weighted by Gasteiger charge is -2.41. The van der Waals surface area contributed by atoms with Crippen LogP contribution in [0.2, 0.25) is 0 Å². The van der Waals surface area contributed by atoms with E-state index in [9.17, 15) is 18.7 Å². The Hall–Kier alpha value is -2.51. The van der Waals surface area contributed by atoms with Gasteiger partial charge < -0.3 is 20.5 Å². The number of hydrogen-bond acceptors (Lipinski definition) is 4. The van der Waals surface area contributed by atoms with E-state index in [1.54, 1.807) is 20.8 Å². The number of halogens is 2. The van der Waals surface area contributed by atoms with E-state index in [0.29, 0.717) is 0 Å². The zero-order chi connectivity index (χ0) is 28.3. The third-order valence-electron chi connectivity index (χ3n) is 7.15. The summed E-state index contributed by atoms with van der Waals surface area (Å²) in [6, 6.07) is 8.62. The van der Waals surface area contributed by atoms with E-state index in [1.165, 1.54) is 16.7 Å². The minimum absolute atomic E-state index is 0.0139. The molecule has 2 aromatic rings. The second kappa shape index (κ2) is 11.7. The fourth-order valence-electron chi connectivity index (χ4n) is 5.22. The van der Waals surface area contributed by atoms with Gasteiger partial charge in [-0.1, -0.05) is 63.8 Å². The number of hydrogen-bond donors (Lipinski definition) is 3. The topological polar surface area (TPSA) is 70.6 Å². The Balaban J connectivity index is 1.91. The Morgan fingerprint density at radius 3 is 2.13 bits per heavy atom. The van der Waals surface area contributed by atoms with Crippen molar-refractivity contribution in [1.29, 1.82) is 0 Å². The van der Waals surface area contributed by atoms with Gasteiger partial charge in [0.15, 0.2) is 0 Å². The number of amides is 1. The van der Waals surface area contributed by atoms with Crippen LogP contribution >= 0.6 is 0 Å². The summed E-state index contributed by atoms with van der Waals surface area (Å²) in [5.74, 6) is -1.57. The van der Waals surface area contributed by atoms with Crippen LogP contribution in [-0.4, -0.2) is 29.4 Å². The van der Waals surface area contributed by atoms with Gasteiger partial charge in [-0.05, 0) is 74.8 Å². The van der Waals surface area contributed by atoms with Crippen molar-refractivity contribution in [3.63, 3.8) is 0 Å². The van der Waals surface area contributed by atoms with Crippen molar-refractivity contribution in [2.24, 2.45) is 0 Å². The third-order valence-corrected chi connectivity index (χ3v) is 7.15. The molecule has 1 saturated carbocycles. The van der Waals surface area contributed by atoms with Crippen molar-refractivity contribution in [1.82, 2.24) is 10.6 Å². The van der Waals surface area contributed by atoms with E-state index in [4.69, 9.17) is 4.74 Å². The average Bonchev–Trinajstić information content (AvgIpc) is 2.79. The van der Waals surface area contributed by atoms with Gasteiger partial charge in [0.1, 0.15) is 17.2 Å². The molecule has 0 saturated heterocycles. The molecule has 1 aliphatic carbocycles. The largest absolute Gasteiger partial charge is 0.444 e. The normalized spacial score (nSPS) is 17.5. The molecule has 0 heterocycles. The van der Waals surface area contributed by atoms with Gasteiger partial charge in [-0.25, -0.2) is 13.6 Å². The van der Waals surface area contributed by atoms with E-state index in [-0.39, 0.29) is 23.1 Å². The first-order chi connectivity index (χ1) is 17.6. The van der Waals surface area contributed by atoms with Gasteiger partial charge in [-0.3, -0.25) is 0 Å². The molecular weight excluding hydrogens is 486 g/mol. The monoisotopic (exact) mass is 530 g/mol. The summed E-state index contributed by atoms with van der Waals surface area (Å²) >= 11 is 0. The smallest absolute Gasteiger partial charge is 0.408 e. The highest BCUT2D eigenvalue weighted by Gasteiger charge is 2.36. The number of nitrogens with one attached hydrogen (secondary N) is 2. The minimum Gasteiger partial charge on any atom is -0.444 e. The van der Waals surface area contributed by atoms with Gasteiger partial charge in [0.2, 0.25) is 0 Å². The molecule has 38 heavy (non-hydrogen) atoms. The van der Waals surface area contributed by atoms with Crippen molar-refractivity contribution in [2.45, 2.75) is 109 Å². The molecule has 3 N–H and O–H groups in total. The van der Waals surface area contributed by atoms with Crippen molar-refractivity contribution in [3.8, 4) is 0 Å². The Morgan fingerprint density at radius 2 is 1.58 bits per heavy atom. The molecule has 1 aliphatic rings. The van der Waals surface area contributed by atoms with E-state index in [2.05, 4.69) is 56.5 Å². The molecule has 3 rings (SSSR count). The number of benzene rings is 2. The second-order valence-corrected chi connectivity index (χ2v) is 12.8. The SMILES string of the molecule is Cc1cc(C(C)(C)C)cc(C2(NC[C@@H](O)C(NC(=O)OC(C)(C)C)c3cc(F)cc(F)c3)CCCCC2)c1. The maximum Gasteiger partial charge on any atom is 0.408 e. The van der Waals surface area contributed by atoms with Gasteiger partial charge in [-0.2, -0.15) is 0 Å². The molecule has 0 aromatic heterocycles. The Labute approximate surface area is 226 Å². The quantitative estimate of drug-likeness (QED) is 0.362. The van der Waals surface area contributed by atoms with Crippen LogP contribution in [0.3, 0.4) is 0 Å². The number of ether oxygens (including phenoxy) is 1. The maximum absolute atomic E-state index is 14.1. The number of carbonyl (C=O) groups excluding carboxylic acids is 1. The summed E-state index contributed by atoms with van der Waals surface area (Å²) in [5, 5.41) is 17.6. The third kappa shape index (κ3) is 8.00. The van der Waals surface area contributed by atoms with E-state index < -0.39 is 35.5 Å². The average molecular weight is 531 g/mol. The van der Waals surface area contributed by atoms with Crippen molar-refractivity contribution < 1.29 is 23.4 Å². The number of aliphatic hydroxyl groups excluding tert-OH is 1. The van der Waals surface area contributed by atoms with Crippen molar-refractivity contribution >= 4 is 6.09 Å². The summed E-state index contributed by atoms with van der Waals surface area (Å²) in [6.07, 6.45) is 3.13. The van der Waals surface area contributed by atoms with Gasteiger partial charge in [0.05, 0.1) is 12.1 Å². The molecule has 5 nitrogen and oxygen atoms in total. The van der Waals surface area contributed by atoms with Crippen LogP contribution in [0.1, 0.15) is 102 Å². The van der Waals surface area contributed by atoms with Crippen LogP contribution in [0.25, 0.3) is 0 Å². The summed E-state index contributed by atoms with van der Waals surface area (Å²) in [5.41, 5.74) is 2.61. The van der Waals surface area contributed by atoms with Crippen LogP contribution in [0.15, 0.2) is 36.4 Å². The predicted molar refractivity (Wildman–Crippen MR) is 147 cm³/mol. The molecule has 1 fully saturated rings. The summed E-state index contributed by atoms with van der Waals surface area (Å²) in [4.78, 5) is 12.6. The highest BCUT2D eigenvalue weighted by atomic mass is 19.1. The van der Waals surface area contributed by atoms with Crippen LogP contribution in [0, 0.1) is 18.6 Å². The molecule has 0 spiro atoms. The first kappa shape index (κ1) is 30.0. The van der Waals surface area contributed by atoms with Crippen LogP contribution in [0.5, 0.6) is 0 Å². The Bertz CT molecular complexity index is 1090. The number of carbonyl (C=O) groups is 1. The number of aryl methyl sites for hydroxylation is 1. The fraction of sp³-hybridized carbons (Fsp3) is 0.581. The predicted octanol–water partition coefficient (Wildman–Crippen LogP) is 6.95. The molecule has 0 aliphatic heterocycles. The molecule has 0 radical (unpaired) electrons. The first-order valence-corrected chi connectivity index (χ1v) is 13.6. The molecule has 7 heteroatoms. The van der Waals surface area contributed by atoms with E-state index in [1.807, 2.05) is 0 Å². The van der Waals surface area contributed by atoms with Crippen molar-refractivity contribution in [3.05, 3.63) is 70.3 Å². The molecule has 0 bridgehead atoms. The first-order valence-electron chi connectivity index (χ1n) is 13.6. The molecule has 210 valence electrons. The number of rotatable bonds is 7. The summed E-state index contributed by atoms with van der Waals surface area (Å²) in [7, 11) is 0. The zero-order valence-corrected chi connectivity index (χ0v) is 23.9. The number of alkyl carbamates (subject to hydrolysis) is 1. The van der Waals surface area contributed by atoms with Crippen molar-refractivity contribution in [2.75, 3.05) is 6.54 Å². The maximum atomic E-state index is 14.1. The molecular formula is C31H44F2N2O3. The Morgan fingerprint density at radius 1 is 0.974 bits per heavy atom. The lowest BCUT2D eigenvalue weighted by atomic mass is 9.74. The van der Waals surface area contributed by atoms with Gasteiger partial charge in [0, 0.05) is 18.2 Å². The minimum atomic E-state index is -1.17. The van der Waals surface area contributed by atoms with E-state index >= 15 is 0 Å². The highest BCUT2D eigenvalue weighted by molar-refractivity contribution is 5.68. The molecule has 1 amide bonds. The lowest BCUT2D eigenvalue weighted by Crippen LogP contribution is -2.50. The van der Waals surface area contributed by atoms with Crippen LogP contribution in [0.4, 0.5) is 13.6 Å². The molecule has 2 atom stereocenters. The van der Waals surface area contributed by atoms with Gasteiger partial charge >= 0.3 is 6.09 Å². The fourth-order valence-corrected chi connectivity index (χ4v) is 5.22. The van der Waals surface area contributed by atoms with E-state index in [0.717, 1.165) is 50.3 Å². The number of aliphatic hydroxyl groups is 1. The van der Waals surface area contributed by atoms with Gasteiger partial charge in [0.25, 0.3) is 0 Å². The highest BCUT2D eigenvalue weighted by Crippen LogP contribution is 2.39. The van der Waals surface area contributed by atoms with Gasteiger partial charge in [-0.15, -0.1) is 0 Å². The lowest BCUT2D eigenvalue weighted by molar-refractivity contribution is 0.0405. The van der Waals surface area contributed by atoms with Crippen LogP contribution in [-0.2, 0) is 15.7 Å². The standard InChI is InChI=1S/C31H44F2N2O3/c1-20-13-22(29(2,3)4)17-23(14-20)31(11-9-8-10-12-31)34-19-26(36)27(35-28(37)38-30(5,6)7)21-15-24(32)18-25(33)16-21/h13-18,26-27,34,36H,8-12,19H2,1-7H3,(H,35,37)/t26-,27?/m1/s1. The zero-order valence-electron chi connectivity index (χ0n) is 23.9.